The first kappa shape index (κ1) is 12.1. The highest BCUT2D eigenvalue weighted by molar-refractivity contribution is 7.09. The molecule has 0 saturated heterocycles. The van der Waals surface area contributed by atoms with Crippen molar-refractivity contribution in [2.45, 2.75) is 19.4 Å². The molecule has 0 aliphatic rings. The second kappa shape index (κ2) is 4.97. The Hall–Kier alpha value is -1.95. The van der Waals surface area contributed by atoms with Gasteiger partial charge in [0, 0.05) is 17.3 Å². The van der Waals surface area contributed by atoms with Crippen LogP contribution >= 0.6 is 11.3 Å². The van der Waals surface area contributed by atoms with Crippen molar-refractivity contribution in [3.05, 3.63) is 46.5 Å². The molecule has 6 heteroatoms. The number of hydrogen-bond donors (Lipinski definition) is 1. The summed E-state index contributed by atoms with van der Waals surface area (Å²) in [7, 11) is 0. The van der Waals surface area contributed by atoms with Crippen LogP contribution in [0.25, 0.3) is 5.65 Å². The lowest BCUT2D eigenvalue weighted by Crippen LogP contribution is -2.18. The minimum atomic E-state index is -0.324. The normalized spacial score (nSPS) is 12.7. The van der Waals surface area contributed by atoms with Gasteiger partial charge in [0.2, 0.25) is 5.95 Å². The molecule has 3 heterocycles. The number of halogens is 1. The Labute approximate surface area is 113 Å². The molecule has 1 unspecified atom stereocenters. The highest BCUT2D eigenvalue weighted by atomic mass is 32.1. The van der Waals surface area contributed by atoms with Gasteiger partial charge >= 0.3 is 0 Å². The third-order valence-corrected chi connectivity index (χ3v) is 3.66. The highest BCUT2D eigenvalue weighted by Crippen LogP contribution is 2.13. The van der Waals surface area contributed by atoms with Crippen LogP contribution in [0.5, 0.6) is 0 Å². The van der Waals surface area contributed by atoms with Crippen molar-refractivity contribution < 1.29 is 4.39 Å². The molecule has 0 amide bonds. The van der Waals surface area contributed by atoms with Crippen LogP contribution in [0.4, 0.5) is 10.3 Å². The molecule has 1 atom stereocenters. The average molecular weight is 276 g/mol. The Kier molecular flexibility index (Phi) is 3.16. The number of thiophene rings is 1. The van der Waals surface area contributed by atoms with E-state index in [0.29, 0.717) is 11.6 Å². The molecule has 0 aliphatic heterocycles. The first-order chi connectivity index (χ1) is 9.20. The number of nitrogens with one attached hydrogen (secondary N) is 1. The summed E-state index contributed by atoms with van der Waals surface area (Å²) in [6.07, 6.45) is 2.24. The van der Waals surface area contributed by atoms with E-state index in [1.807, 2.05) is 6.07 Å². The molecule has 0 radical (unpaired) electrons. The molecular weight excluding hydrogens is 263 g/mol. The first-order valence-corrected chi connectivity index (χ1v) is 6.89. The van der Waals surface area contributed by atoms with Gasteiger partial charge in [0.05, 0.1) is 6.20 Å². The maximum absolute atomic E-state index is 13.1. The molecular formula is C13H13FN4S. The predicted octanol–water partition coefficient (Wildman–Crippen LogP) is 2.97. The van der Waals surface area contributed by atoms with Crippen molar-refractivity contribution in [3.8, 4) is 0 Å². The molecule has 0 aliphatic carbocycles. The number of rotatable bonds is 4. The number of hydrogen-bond acceptors (Lipinski definition) is 4. The number of nitrogens with zero attached hydrogens (tertiary/aromatic N) is 3. The Morgan fingerprint density at radius 3 is 3.11 bits per heavy atom. The first-order valence-electron chi connectivity index (χ1n) is 6.01. The Morgan fingerprint density at radius 2 is 2.32 bits per heavy atom. The summed E-state index contributed by atoms with van der Waals surface area (Å²) in [4.78, 5) is 5.62. The van der Waals surface area contributed by atoms with Gasteiger partial charge in [-0.05, 0) is 30.5 Å². The smallest absolute Gasteiger partial charge is 0.243 e. The second-order valence-electron chi connectivity index (χ2n) is 4.41. The van der Waals surface area contributed by atoms with Crippen LogP contribution in [0.2, 0.25) is 0 Å². The van der Waals surface area contributed by atoms with Crippen LogP contribution < -0.4 is 5.32 Å². The minimum absolute atomic E-state index is 0.223. The molecule has 0 fully saturated rings. The fourth-order valence-electron chi connectivity index (χ4n) is 1.92. The number of anilines is 1. The third-order valence-electron chi connectivity index (χ3n) is 2.76. The highest BCUT2D eigenvalue weighted by Gasteiger charge is 2.09. The molecule has 98 valence electrons. The van der Waals surface area contributed by atoms with Crippen LogP contribution in [-0.2, 0) is 6.42 Å². The lowest BCUT2D eigenvalue weighted by Gasteiger charge is -2.10. The van der Waals surface area contributed by atoms with E-state index >= 15 is 0 Å². The van der Waals surface area contributed by atoms with E-state index in [-0.39, 0.29) is 11.9 Å². The van der Waals surface area contributed by atoms with Gasteiger partial charge < -0.3 is 5.32 Å². The number of fused-ring (bicyclic) bond motifs is 1. The van der Waals surface area contributed by atoms with E-state index in [2.05, 4.69) is 33.8 Å². The van der Waals surface area contributed by atoms with Crippen molar-refractivity contribution >= 4 is 22.9 Å². The van der Waals surface area contributed by atoms with Crippen LogP contribution in [0.15, 0.2) is 35.8 Å². The summed E-state index contributed by atoms with van der Waals surface area (Å²) >= 11 is 1.73. The van der Waals surface area contributed by atoms with Gasteiger partial charge in [0.25, 0.3) is 0 Å². The zero-order valence-corrected chi connectivity index (χ0v) is 11.2. The Bertz CT molecular complexity index is 677. The van der Waals surface area contributed by atoms with E-state index in [4.69, 9.17) is 0 Å². The van der Waals surface area contributed by atoms with Crippen LogP contribution in [-0.4, -0.2) is 20.6 Å². The van der Waals surface area contributed by atoms with E-state index in [9.17, 15) is 4.39 Å². The van der Waals surface area contributed by atoms with Crippen molar-refractivity contribution in [2.75, 3.05) is 5.32 Å². The monoisotopic (exact) mass is 276 g/mol. The molecule has 3 aromatic heterocycles. The maximum Gasteiger partial charge on any atom is 0.243 e. The van der Waals surface area contributed by atoms with Crippen LogP contribution in [0.3, 0.4) is 0 Å². The zero-order valence-electron chi connectivity index (χ0n) is 10.4. The quantitative estimate of drug-likeness (QED) is 0.796. The molecule has 1 N–H and O–H groups in total. The predicted molar refractivity (Wildman–Crippen MR) is 74.1 cm³/mol. The largest absolute Gasteiger partial charge is 0.350 e. The van der Waals surface area contributed by atoms with Gasteiger partial charge in [-0.25, -0.2) is 8.91 Å². The van der Waals surface area contributed by atoms with Gasteiger partial charge in [-0.2, -0.15) is 4.98 Å². The molecule has 0 spiro atoms. The number of pyridine rings is 1. The molecule has 3 aromatic rings. The molecule has 0 aromatic carbocycles. The minimum Gasteiger partial charge on any atom is -0.350 e. The second-order valence-corrected chi connectivity index (χ2v) is 5.45. The van der Waals surface area contributed by atoms with Crippen molar-refractivity contribution in [3.63, 3.8) is 0 Å². The molecule has 19 heavy (non-hydrogen) atoms. The van der Waals surface area contributed by atoms with Crippen LogP contribution in [0.1, 0.15) is 11.8 Å². The van der Waals surface area contributed by atoms with Gasteiger partial charge in [-0.3, -0.25) is 0 Å². The number of aromatic nitrogens is 3. The van der Waals surface area contributed by atoms with E-state index < -0.39 is 0 Å². The summed E-state index contributed by atoms with van der Waals surface area (Å²) < 4.78 is 14.5. The van der Waals surface area contributed by atoms with E-state index in [1.165, 1.54) is 21.7 Å². The van der Waals surface area contributed by atoms with Gasteiger partial charge in [-0.15, -0.1) is 16.4 Å². The van der Waals surface area contributed by atoms with Crippen molar-refractivity contribution in [1.29, 1.82) is 0 Å². The van der Waals surface area contributed by atoms with E-state index in [1.54, 1.807) is 17.4 Å². The zero-order chi connectivity index (χ0) is 13.2. The molecule has 0 bridgehead atoms. The van der Waals surface area contributed by atoms with Crippen LogP contribution in [0, 0.1) is 5.82 Å². The summed E-state index contributed by atoms with van der Waals surface area (Å²) in [6.45, 7) is 2.08. The summed E-state index contributed by atoms with van der Waals surface area (Å²) in [6, 6.07) is 7.36. The average Bonchev–Trinajstić information content (AvgIpc) is 2.97. The topological polar surface area (TPSA) is 42.2 Å². The summed E-state index contributed by atoms with van der Waals surface area (Å²) in [5.74, 6) is 0.199. The summed E-state index contributed by atoms with van der Waals surface area (Å²) in [5, 5.41) is 9.49. The lowest BCUT2D eigenvalue weighted by molar-refractivity contribution is 0.614. The van der Waals surface area contributed by atoms with Gasteiger partial charge in [-0.1, -0.05) is 6.07 Å². The standard InChI is InChI=1S/C13H13FN4S/c1-9(7-11-3-2-6-19-11)15-13-16-12-5-4-10(14)8-18(12)17-13/h2-6,8-9H,7H2,1H3,(H,15,17). The molecule has 0 saturated carbocycles. The fourth-order valence-corrected chi connectivity index (χ4v) is 2.76. The van der Waals surface area contributed by atoms with Crippen molar-refractivity contribution in [1.82, 2.24) is 14.6 Å². The molecule has 4 nitrogen and oxygen atoms in total. The SMILES string of the molecule is CC(Cc1cccs1)Nc1nc2ccc(F)cn2n1. The van der Waals surface area contributed by atoms with Gasteiger partial charge in [0.15, 0.2) is 5.65 Å². The van der Waals surface area contributed by atoms with Crippen molar-refractivity contribution in [2.24, 2.45) is 0 Å². The fraction of sp³-hybridized carbons (Fsp3) is 0.231. The van der Waals surface area contributed by atoms with Gasteiger partial charge in [0.1, 0.15) is 5.82 Å². The summed E-state index contributed by atoms with van der Waals surface area (Å²) in [5.41, 5.74) is 0.632. The Balaban J connectivity index is 1.74. The molecule has 3 rings (SSSR count). The maximum atomic E-state index is 13.1. The lowest BCUT2D eigenvalue weighted by atomic mass is 10.2. The Morgan fingerprint density at radius 1 is 1.42 bits per heavy atom. The third kappa shape index (κ3) is 2.73. The van der Waals surface area contributed by atoms with E-state index in [0.717, 1.165) is 6.42 Å².